The molecule has 0 radical (unpaired) electrons. The number of hydrogen-bond donors (Lipinski definition) is 2. The van der Waals surface area contributed by atoms with Gasteiger partial charge in [0.2, 0.25) is 0 Å². The quantitative estimate of drug-likeness (QED) is 0.261. The van der Waals surface area contributed by atoms with E-state index in [1.54, 1.807) is 7.05 Å². The van der Waals surface area contributed by atoms with E-state index in [2.05, 4.69) is 30.4 Å². The van der Waals surface area contributed by atoms with Gasteiger partial charge in [0.1, 0.15) is 24.4 Å². The van der Waals surface area contributed by atoms with Crippen molar-refractivity contribution < 1.29 is 9.47 Å². The number of halogens is 1. The van der Waals surface area contributed by atoms with E-state index in [-0.39, 0.29) is 30.1 Å². The van der Waals surface area contributed by atoms with Crippen LogP contribution in [0.1, 0.15) is 37.3 Å². The lowest BCUT2D eigenvalue weighted by Gasteiger charge is -2.27. The molecule has 3 heterocycles. The summed E-state index contributed by atoms with van der Waals surface area (Å²) in [7, 11) is 1.78. The molecule has 1 aromatic carbocycles. The highest BCUT2D eigenvalue weighted by Crippen LogP contribution is 2.30. The zero-order chi connectivity index (χ0) is 19.9. The predicted molar refractivity (Wildman–Crippen MR) is 127 cm³/mol. The monoisotopic (exact) mass is 526 g/mol. The summed E-state index contributed by atoms with van der Waals surface area (Å²) in [5.74, 6) is 4.63. The average molecular weight is 526 g/mol. The highest BCUT2D eigenvalue weighted by atomic mass is 127. The fourth-order valence-electron chi connectivity index (χ4n) is 3.78. The van der Waals surface area contributed by atoms with Crippen molar-refractivity contribution in [3.05, 3.63) is 35.9 Å². The average Bonchev–Trinajstić information content (AvgIpc) is 2.99. The summed E-state index contributed by atoms with van der Waals surface area (Å²) >= 11 is 0. The number of ether oxygens (including phenoxy) is 2. The van der Waals surface area contributed by atoms with Gasteiger partial charge in [-0.25, -0.2) is 0 Å². The van der Waals surface area contributed by atoms with Crippen molar-refractivity contribution in [1.29, 1.82) is 0 Å². The predicted octanol–water partition coefficient (Wildman–Crippen LogP) is 2.56. The number of aromatic nitrogens is 3. The molecular weight excluding hydrogens is 495 g/mol. The molecule has 8 nitrogen and oxygen atoms in total. The SMILES string of the molecule is CN=C(NCCCc1nnc2n1CCCCC2)NCC1COc2ccccc2O1.I. The van der Waals surface area contributed by atoms with E-state index in [0.717, 1.165) is 61.5 Å². The largest absolute Gasteiger partial charge is 0.486 e. The number of rotatable bonds is 6. The second-order valence-electron chi connectivity index (χ2n) is 7.48. The second-order valence-corrected chi connectivity index (χ2v) is 7.48. The number of guanidine groups is 1. The van der Waals surface area contributed by atoms with Gasteiger partial charge in [-0.1, -0.05) is 18.6 Å². The third-order valence-corrected chi connectivity index (χ3v) is 5.34. The first-order valence-electron chi connectivity index (χ1n) is 10.6. The second kappa shape index (κ2) is 11.4. The number of aliphatic imine (C=N–C) groups is 1. The van der Waals surface area contributed by atoms with Gasteiger partial charge in [0, 0.05) is 33.0 Å². The summed E-state index contributed by atoms with van der Waals surface area (Å²) in [6, 6.07) is 7.75. The zero-order valence-corrected chi connectivity index (χ0v) is 19.8. The first-order chi connectivity index (χ1) is 14.3. The lowest BCUT2D eigenvalue weighted by Crippen LogP contribution is -2.45. The summed E-state index contributed by atoms with van der Waals surface area (Å²) < 4.78 is 14.0. The zero-order valence-electron chi connectivity index (χ0n) is 17.5. The molecular formula is C21H31IN6O2. The van der Waals surface area contributed by atoms with Crippen LogP contribution in [0.15, 0.2) is 29.3 Å². The highest BCUT2D eigenvalue weighted by Gasteiger charge is 2.20. The van der Waals surface area contributed by atoms with Gasteiger partial charge in [0.15, 0.2) is 17.5 Å². The van der Waals surface area contributed by atoms with Crippen LogP contribution in [0.3, 0.4) is 0 Å². The van der Waals surface area contributed by atoms with Crippen molar-refractivity contribution in [2.75, 3.05) is 26.7 Å². The Hall–Kier alpha value is -2.04. The van der Waals surface area contributed by atoms with Gasteiger partial charge in [0.25, 0.3) is 0 Å². The van der Waals surface area contributed by atoms with Gasteiger partial charge in [-0.05, 0) is 31.4 Å². The van der Waals surface area contributed by atoms with Crippen LogP contribution < -0.4 is 20.1 Å². The summed E-state index contributed by atoms with van der Waals surface area (Å²) in [6.45, 7) is 3.04. The molecule has 30 heavy (non-hydrogen) atoms. The number of nitrogens with one attached hydrogen (secondary N) is 2. The van der Waals surface area contributed by atoms with Gasteiger partial charge in [0.05, 0.1) is 6.54 Å². The Morgan fingerprint density at radius 1 is 1.17 bits per heavy atom. The standard InChI is InChI=1S/C21H30N6O2.HI/c1-22-21(24-14-16-15-28-17-8-4-5-9-18(17)29-16)23-12-7-11-20-26-25-19-10-3-2-6-13-27(19)20;/h4-5,8-9,16H,2-3,6-7,10-15H2,1H3,(H2,22,23,24);1H. The topological polar surface area (TPSA) is 85.6 Å². The minimum absolute atomic E-state index is 0. The summed E-state index contributed by atoms with van der Waals surface area (Å²) in [6.07, 6.45) is 6.65. The Labute approximate surface area is 194 Å². The number of aryl methyl sites for hydroxylation is 2. The number of para-hydroxylation sites is 2. The van der Waals surface area contributed by atoms with E-state index in [4.69, 9.17) is 9.47 Å². The number of nitrogens with zero attached hydrogens (tertiary/aromatic N) is 4. The van der Waals surface area contributed by atoms with Crippen molar-refractivity contribution in [3.63, 3.8) is 0 Å². The Balaban J connectivity index is 0.00000256. The van der Waals surface area contributed by atoms with E-state index in [9.17, 15) is 0 Å². The van der Waals surface area contributed by atoms with Crippen molar-refractivity contribution in [2.24, 2.45) is 4.99 Å². The molecule has 2 aromatic rings. The van der Waals surface area contributed by atoms with Crippen LogP contribution in [-0.2, 0) is 19.4 Å². The maximum atomic E-state index is 5.98. The van der Waals surface area contributed by atoms with Crippen molar-refractivity contribution in [3.8, 4) is 11.5 Å². The molecule has 0 spiro atoms. The van der Waals surface area contributed by atoms with E-state index in [1.807, 2.05) is 24.3 Å². The van der Waals surface area contributed by atoms with Gasteiger partial charge < -0.3 is 24.7 Å². The number of benzene rings is 1. The normalized spacial score (nSPS) is 18.0. The van der Waals surface area contributed by atoms with Crippen molar-refractivity contribution in [2.45, 2.75) is 51.2 Å². The lowest BCUT2D eigenvalue weighted by atomic mass is 10.2. The summed E-state index contributed by atoms with van der Waals surface area (Å²) in [4.78, 5) is 4.30. The van der Waals surface area contributed by atoms with Gasteiger partial charge in [-0.2, -0.15) is 0 Å². The Morgan fingerprint density at radius 3 is 2.90 bits per heavy atom. The molecule has 1 aromatic heterocycles. The molecule has 0 saturated carbocycles. The molecule has 164 valence electrons. The van der Waals surface area contributed by atoms with Crippen LogP contribution in [0, 0.1) is 0 Å². The molecule has 1 atom stereocenters. The van der Waals surface area contributed by atoms with E-state index in [1.165, 1.54) is 19.3 Å². The van der Waals surface area contributed by atoms with Crippen LogP contribution in [-0.4, -0.2) is 53.6 Å². The maximum absolute atomic E-state index is 5.98. The molecule has 4 rings (SSSR count). The fraction of sp³-hybridized carbons (Fsp3) is 0.571. The molecule has 9 heteroatoms. The molecule has 0 fully saturated rings. The smallest absolute Gasteiger partial charge is 0.191 e. The third-order valence-electron chi connectivity index (χ3n) is 5.34. The molecule has 0 saturated heterocycles. The van der Waals surface area contributed by atoms with Crippen LogP contribution in [0.2, 0.25) is 0 Å². The highest BCUT2D eigenvalue weighted by molar-refractivity contribution is 14.0. The Morgan fingerprint density at radius 2 is 2.03 bits per heavy atom. The molecule has 0 amide bonds. The third kappa shape index (κ3) is 5.77. The first kappa shape index (κ1) is 22.6. The van der Waals surface area contributed by atoms with Crippen LogP contribution in [0.25, 0.3) is 0 Å². The molecule has 1 unspecified atom stereocenters. The van der Waals surface area contributed by atoms with Crippen LogP contribution in [0.5, 0.6) is 11.5 Å². The minimum Gasteiger partial charge on any atom is -0.486 e. The summed E-state index contributed by atoms with van der Waals surface area (Å²) in [5.41, 5.74) is 0. The van der Waals surface area contributed by atoms with Gasteiger partial charge in [-0.15, -0.1) is 34.2 Å². The lowest BCUT2D eigenvalue weighted by molar-refractivity contribution is 0.0936. The summed E-state index contributed by atoms with van der Waals surface area (Å²) in [5, 5.41) is 15.5. The van der Waals surface area contributed by atoms with E-state index < -0.39 is 0 Å². The van der Waals surface area contributed by atoms with Gasteiger partial charge >= 0.3 is 0 Å². The fourth-order valence-corrected chi connectivity index (χ4v) is 3.78. The van der Waals surface area contributed by atoms with E-state index in [0.29, 0.717) is 13.2 Å². The number of hydrogen-bond acceptors (Lipinski definition) is 5. The Bertz CT molecular complexity index is 841. The molecule has 2 N–H and O–H groups in total. The molecule has 2 aliphatic heterocycles. The van der Waals surface area contributed by atoms with Crippen LogP contribution >= 0.6 is 24.0 Å². The molecule has 0 bridgehead atoms. The van der Waals surface area contributed by atoms with Crippen molar-refractivity contribution >= 4 is 29.9 Å². The minimum atomic E-state index is -0.0464. The molecule has 0 aliphatic carbocycles. The first-order valence-corrected chi connectivity index (χ1v) is 10.6. The Kier molecular flexibility index (Phi) is 8.59. The molecule has 2 aliphatic rings. The van der Waals surface area contributed by atoms with Gasteiger partial charge in [-0.3, -0.25) is 4.99 Å². The van der Waals surface area contributed by atoms with E-state index >= 15 is 0 Å². The number of fused-ring (bicyclic) bond motifs is 2. The maximum Gasteiger partial charge on any atom is 0.191 e. The van der Waals surface area contributed by atoms with Crippen molar-refractivity contribution in [1.82, 2.24) is 25.4 Å². The van der Waals surface area contributed by atoms with Crippen LogP contribution in [0.4, 0.5) is 0 Å².